The van der Waals surface area contributed by atoms with Crippen molar-refractivity contribution in [2.45, 2.75) is 4.90 Å². The third-order valence-corrected chi connectivity index (χ3v) is 3.40. The normalized spacial score (nSPS) is 11.3. The number of anilines is 1. The molecule has 84 valence electrons. The van der Waals surface area contributed by atoms with Crippen LogP contribution in [0.15, 0.2) is 23.1 Å². The summed E-state index contributed by atoms with van der Waals surface area (Å²) in [5, 5.41) is 0. The number of ether oxygens (including phenoxy) is 2. The molecule has 0 radical (unpaired) electrons. The molecule has 0 atom stereocenters. The third-order valence-electron chi connectivity index (χ3n) is 1.83. The number of nitrogens with two attached hydrogens (primary N) is 1. The Bertz CT molecular complexity index is 441. The van der Waals surface area contributed by atoms with E-state index in [9.17, 15) is 8.42 Å². The summed E-state index contributed by atoms with van der Waals surface area (Å²) in [5.41, 5.74) is 5.76. The Morgan fingerprint density at radius 1 is 1.33 bits per heavy atom. The molecule has 0 heterocycles. The predicted molar refractivity (Wildman–Crippen MR) is 56.5 cm³/mol. The Kier molecular flexibility index (Phi) is 3.54. The lowest BCUT2D eigenvalue weighted by Crippen LogP contribution is -2.10. The van der Waals surface area contributed by atoms with Gasteiger partial charge in [0.2, 0.25) is 9.84 Å². The first kappa shape index (κ1) is 11.8. The van der Waals surface area contributed by atoms with Gasteiger partial charge < -0.3 is 15.2 Å². The third kappa shape index (κ3) is 2.60. The molecular weight excluding hydrogens is 218 g/mol. The van der Waals surface area contributed by atoms with Crippen LogP contribution < -0.4 is 10.5 Å². The summed E-state index contributed by atoms with van der Waals surface area (Å²) in [7, 11) is -0.731. The zero-order valence-corrected chi connectivity index (χ0v) is 9.37. The molecule has 0 saturated carbocycles. The quantitative estimate of drug-likeness (QED) is 0.770. The minimum atomic E-state index is -3.50. The molecule has 6 heteroatoms. The van der Waals surface area contributed by atoms with E-state index in [0.29, 0.717) is 5.75 Å². The molecule has 1 aromatic rings. The highest BCUT2D eigenvalue weighted by molar-refractivity contribution is 7.91. The van der Waals surface area contributed by atoms with E-state index >= 15 is 0 Å². The molecule has 0 spiro atoms. The van der Waals surface area contributed by atoms with Crippen LogP contribution in [0, 0.1) is 0 Å². The Hall–Kier alpha value is -1.27. The summed E-state index contributed by atoms with van der Waals surface area (Å²) in [4.78, 5) is 0.0312. The Morgan fingerprint density at radius 2 is 2.00 bits per heavy atom. The summed E-state index contributed by atoms with van der Waals surface area (Å²) >= 11 is 0. The maximum Gasteiger partial charge on any atom is 0.204 e. The fourth-order valence-electron chi connectivity index (χ4n) is 1.13. The van der Waals surface area contributed by atoms with E-state index in [1.54, 1.807) is 6.07 Å². The maximum atomic E-state index is 11.7. The average Bonchev–Trinajstić information content (AvgIpc) is 2.18. The summed E-state index contributed by atoms with van der Waals surface area (Å²) < 4.78 is 32.8. The van der Waals surface area contributed by atoms with Gasteiger partial charge in [-0.05, 0) is 12.1 Å². The number of sulfone groups is 1. The van der Waals surface area contributed by atoms with Crippen LogP contribution >= 0.6 is 0 Å². The number of hydrogen-bond donors (Lipinski definition) is 1. The monoisotopic (exact) mass is 231 g/mol. The second-order valence-electron chi connectivity index (χ2n) is 2.93. The highest BCUT2D eigenvalue weighted by Crippen LogP contribution is 2.24. The molecule has 0 fully saturated rings. The van der Waals surface area contributed by atoms with Gasteiger partial charge >= 0.3 is 0 Å². The minimum absolute atomic E-state index is 0.0312. The van der Waals surface area contributed by atoms with Gasteiger partial charge in [0.15, 0.2) is 5.94 Å². The van der Waals surface area contributed by atoms with Crippen molar-refractivity contribution in [1.82, 2.24) is 0 Å². The molecule has 0 amide bonds. The molecule has 0 bridgehead atoms. The fourth-order valence-corrected chi connectivity index (χ4v) is 2.29. The van der Waals surface area contributed by atoms with Gasteiger partial charge in [0.1, 0.15) is 5.75 Å². The molecule has 0 aliphatic carbocycles. The zero-order chi connectivity index (χ0) is 11.5. The van der Waals surface area contributed by atoms with Crippen molar-refractivity contribution in [3.63, 3.8) is 0 Å². The van der Waals surface area contributed by atoms with Crippen LogP contribution in [0.3, 0.4) is 0 Å². The number of benzene rings is 1. The van der Waals surface area contributed by atoms with Crippen LogP contribution in [0.2, 0.25) is 0 Å². The van der Waals surface area contributed by atoms with Crippen LogP contribution in [-0.4, -0.2) is 28.6 Å². The number of rotatable bonds is 4. The lowest BCUT2D eigenvalue weighted by molar-refractivity contribution is 0.250. The summed E-state index contributed by atoms with van der Waals surface area (Å²) in [6.07, 6.45) is 0. The molecule has 2 N–H and O–H groups in total. The molecule has 15 heavy (non-hydrogen) atoms. The predicted octanol–water partition coefficient (Wildman–Crippen LogP) is 0.655. The van der Waals surface area contributed by atoms with Gasteiger partial charge in [-0.25, -0.2) is 8.42 Å². The molecule has 5 nitrogen and oxygen atoms in total. The van der Waals surface area contributed by atoms with E-state index in [0.717, 1.165) is 0 Å². The molecule has 0 aliphatic rings. The van der Waals surface area contributed by atoms with Gasteiger partial charge in [0, 0.05) is 13.2 Å². The van der Waals surface area contributed by atoms with Gasteiger partial charge in [-0.1, -0.05) is 0 Å². The Labute approximate surface area is 88.7 Å². The van der Waals surface area contributed by atoms with E-state index in [4.69, 9.17) is 10.5 Å². The number of nitrogen functional groups attached to an aromatic ring is 1. The van der Waals surface area contributed by atoms with Crippen molar-refractivity contribution in [2.24, 2.45) is 0 Å². The first-order chi connectivity index (χ1) is 7.01. The SMILES string of the molecule is COCS(=O)(=O)c1cc(OC)ccc1N. The second-order valence-corrected chi connectivity index (χ2v) is 4.83. The van der Waals surface area contributed by atoms with Crippen molar-refractivity contribution in [3.8, 4) is 5.75 Å². The molecule has 1 aromatic carbocycles. The molecule has 0 unspecified atom stereocenters. The van der Waals surface area contributed by atoms with Crippen LogP contribution in [0.4, 0.5) is 5.69 Å². The minimum Gasteiger partial charge on any atom is -0.497 e. The Morgan fingerprint density at radius 3 is 2.53 bits per heavy atom. The van der Waals surface area contributed by atoms with Crippen LogP contribution in [0.5, 0.6) is 5.75 Å². The summed E-state index contributed by atoms with van der Waals surface area (Å²) in [5.74, 6) is 0.0450. The highest BCUT2D eigenvalue weighted by atomic mass is 32.2. The number of methoxy groups -OCH3 is 2. The lowest BCUT2D eigenvalue weighted by atomic mass is 10.3. The molecule has 1 rings (SSSR count). The molecule has 0 aliphatic heterocycles. The highest BCUT2D eigenvalue weighted by Gasteiger charge is 2.18. The van der Waals surface area contributed by atoms with Crippen LogP contribution in [-0.2, 0) is 14.6 Å². The summed E-state index contributed by atoms with van der Waals surface area (Å²) in [6.45, 7) is 0. The van der Waals surface area contributed by atoms with Gasteiger partial charge in [-0.3, -0.25) is 0 Å². The second kappa shape index (κ2) is 4.50. The fraction of sp³-hybridized carbons (Fsp3) is 0.333. The van der Waals surface area contributed by atoms with Gasteiger partial charge in [0.05, 0.1) is 17.7 Å². The summed E-state index contributed by atoms with van der Waals surface area (Å²) in [6, 6.07) is 4.46. The topological polar surface area (TPSA) is 78.6 Å². The van der Waals surface area contributed by atoms with Crippen LogP contribution in [0.1, 0.15) is 0 Å². The van der Waals surface area contributed by atoms with E-state index in [1.165, 1.54) is 26.4 Å². The molecule has 0 saturated heterocycles. The lowest BCUT2D eigenvalue weighted by Gasteiger charge is -2.08. The van der Waals surface area contributed by atoms with E-state index in [1.807, 2.05) is 0 Å². The van der Waals surface area contributed by atoms with Crippen molar-refractivity contribution in [1.29, 1.82) is 0 Å². The molecular formula is C9H13NO4S. The van der Waals surface area contributed by atoms with Crippen LogP contribution in [0.25, 0.3) is 0 Å². The largest absolute Gasteiger partial charge is 0.497 e. The van der Waals surface area contributed by atoms with Crippen molar-refractivity contribution < 1.29 is 17.9 Å². The average molecular weight is 231 g/mol. The Balaban J connectivity index is 3.24. The maximum absolute atomic E-state index is 11.7. The smallest absolute Gasteiger partial charge is 0.204 e. The van der Waals surface area contributed by atoms with E-state index < -0.39 is 15.8 Å². The van der Waals surface area contributed by atoms with Crippen molar-refractivity contribution in [2.75, 3.05) is 25.9 Å². The van der Waals surface area contributed by atoms with Crippen molar-refractivity contribution in [3.05, 3.63) is 18.2 Å². The zero-order valence-electron chi connectivity index (χ0n) is 8.56. The van der Waals surface area contributed by atoms with E-state index in [2.05, 4.69) is 4.74 Å². The first-order valence-corrected chi connectivity index (χ1v) is 5.81. The number of hydrogen-bond acceptors (Lipinski definition) is 5. The van der Waals surface area contributed by atoms with Gasteiger partial charge in [-0.2, -0.15) is 0 Å². The first-order valence-electron chi connectivity index (χ1n) is 4.16. The molecule has 0 aromatic heterocycles. The van der Waals surface area contributed by atoms with Crippen molar-refractivity contribution >= 4 is 15.5 Å². The standard InChI is InChI=1S/C9H13NO4S/c1-13-6-15(11,12)9-5-7(14-2)3-4-8(9)10/h3-5H,6,10H2,1-2H3. The van der Waals surface area contributed by atoms with Gasteiger partial charge in [0.25, 0.3) is 0 Å². The van der Waals surface area contributed by atoms with E-state index in [-0.39, 0.29) is 10.6 Å². The van der Waals surface area contributed by atoms with Gasteiger partial charge in [-0.15, -0.1) is 0 Å².